The van der Waals surface area contributed by atoms with Crippen molar-refractivity contribution in [2.24, 2.45) is 5.92 Å². The van der Waals surface area contributed by atoms with Gasteiger partial charge in [0.2, 0.25) is 0 Å². The van der Waals surface area contributed by atoms with Gasteiger partial charge in [0.05, 0.1) is 6.10 Å². The highest BCUT2D eigenvalue weighted by atomic mass is 16.4. The summed E-state index contributed by atoms with van der Waals surface area (Å²) in [7, 11) is 0. The van der Waals surface area contributed by atoms with E-state index in [1.807, 2.05) is 0 Å². The highest BCUT2D eigenvalue weighted by Crippen LogP contribution is 2.41. The van der Waals surface area contributed by atoms with Crippen LogP contribution < -0.4 is 5.32 Å². The van der Waals surface area contributed by atoms with Crippen LogP contribution in [0.25, 0.3) is 0 Å². The maximum Gasteiger partial charge on any atom is 0.329 e. The van der Waals surface area contributed by atoms with Gasteiger partial charge in [0.25, 0.3) is 0 Å². The molecular weight excluding hydrogens is 260 g/mol. The number of nitrogens with zero attached hydrogens (tertiary/aromatic N) is 1. The third-order valence-corrected chi connectivity index (χ3v) is 5.15. The van der Waals surface area contributed by atoms with Crippen molar-refractivity contribution in [3.8, 4) is 0 Å². The monoisotopic (exact) mass is 282 g/mol. The fourth-order valence-electron chi connectivity index (χ4n) is 3.76. The number of piperidine rings is 1. The van der Waals surface area contributed by atoms with E-state index >= 15 is 0 Å². The third-order valence-electron chi connectivity index (χ3n) is 5.15. The second kappa shape index (κ2) is 4.62. The van der Waals surface area contributed by atoms with E-state index in [0.717, 1.165) is 25.7 Å². The van der Waals surface area contributed by atoms with Crippen molar-refractivity contribution in [1.82, 2.24) is 10.2 Å². The third kappa shape index (κ3) is 2.16. The van der Waals surface area contributed by atoms with Crippen LogP contribution in [0.15, 0.2) is 0 Å². The molecule has 0 spiro atoms. The van der Waals surface area contributed by atoms with Crippen LogP contribution in [-0.4, -0.2) is 50.8 Å². The van der Waals surface area contributed by atoms with Crippen molar-refractivity contribution < 1.29 is 19.8 Å². The standard InChI is InChI=1S/C14H22N2O4/c1-14(12(18)19,8-2-3-8)15-13(20)16-9-4-5-10(16)7-11(17)6-9/h8-11,17H,2-7H2,1H3,(H,15,20)(H,18,19). The highest BCUT2D eigenvalue weighted by molar-refractivity contribution is 5.87. The molecule has 1 saturated carbocycles. The maximum absolute atomic E-state index is 12.5. The van der Waals surface area contributed by atoms with E-state index in [9.17, 15) is 19.8 Å². The molecular formula is C14H22N2O4. The number of fused-ring (bicyclic) bond motifs is 2. The summed E-state index contributed by atoms with van der Waals surface area (Å²) < 4.78 is 0. The molecule has 2 saturated heterocycles. The first-order valence-electron chi connectivity index (χ1n) is 7.43. The second-order valence-electron chi connectivity index (χ2n) is 6.63. The summed E-state index contributed by atoms with van der Waals surface area (Å²) in [5.74, 6) is -0.922. The van der Waals surface area contributed by atoms with Crippen LogP contribution in [0.5, 0.6) is 0 Å². The number of carbonyl (C=O) groups is 2. The molecule has 2 amide bonds. The van der Waals surface area contributed by atoms with Crippen LogP contribution in [0.1, 0.15) is 45.4 Å². The lowest BCUT2D eigenvalue weighted by atomic mass is 9.95. The summed E-state index contributed by atoms with van der Waals surface area (Å²) in [5.41, 5.74) is -1.16. The van der Waals surface area contributed by atoms with E-state index < -0.39 is 11.5 Å². The Morgan fingerprint density at radius 2 is 1.70 bits per heavy atom. The second-order valence-corrected chi connectivity index (χ2v) is 6.63. The SMILES string of the molecule is CC(NC(=O)N1C2CCC1CC(O)C2)(C(=O)O)C1CC1. The number of carboxylic acid groups (broad SMARTS) is 1. The van der Waals surface area contributed by atoms with Gasteiger partial charge in [-0.05, 0) is 51.4 Å². The summed E-state index contributed by atoms with van der Waals surface area (Å²) in [6.45, 7) is 1.60. The van der Waals surface area contributed by atoms with Gasteiger partial charge in [-0.1, -0.05) is 0 Å². The molecule has 0 aromatic rings. The lowest BCUT2D eigenvalue weighted by Crippen LogP contribution is -2.60. The molecule has 3 N–H and O–H groups in total. The zero-order valence-corrected chi connectivity index (χ0v) is 11.7. The minimum Gasteiger partial charge on any atom is -0.480 e. The predicted octanol–water partition coefficient (Wildman–Crippen LogP) is 0.937. The number of amides is 2. The molecule has 0 aromatic heterocycles. The highest BCUT2D eigenvalue weighted by Gasteiger charge is 2.51. The van der Waals surface area contributed by atoms with E-state index in [-0.39, 0.29) is 30.1 Å². The van der Waals surface area contributed by atoms with Crippen molar-refractivity contribution in [2.45, 2.75) is 69.2 Å². The molecule has 3 rings (SSSR count). The number of urea groups is 1. The minimum atomic E-state index is -1.16. The van der Waals surface area contributed by atoms with Crippen LogP contribution in [0, 0.1) is 5.92 Å². The van der Waals surface area contributed by atoms with Crippen LogP contribution >= 0.6 is 0 Å². The van der Waals surface area contributed by atoms with Crippen molar-refractivity contribution in [3.63, 3.8) is 0 Å². The normalized spacial score (nSPS) is 35.5. The molecule has 3 fully saturated rings. The number of aliphatic hydroxyl groups excluding tert-OH is 1. The van der Waals surface area contributed by atoms with Crippen LogP contribution in [-0.2, 0) is 4.79 Å². The number of hydrogen-bond acceptors (Lipinski definition) is 3. The Balaban J connectivity index is 1.72. The van der Waals surface area contributed by atoms with Crippen molar-refractivity contribution in [3.05, 3.63) is 0 Å². The summed E-state index contributed by atoms with van der Waals surface area (Å²) in [6.07, 6.45) is 4.41. The number of nitrogens with one attached hydrogen (secondary N) is 1. The van der Waals surface area contributed by atoms with Crippen molar-refractivity contribution in [1.29, 1.82) is 0 Å². The fraction of sp³-hybridized carbons (Fsp3) is 0.857. The fourth-order valence-corrected chi connectivity index (χ4v) is 3.76. The molecule has 2 bridgehead atoms. The summed E-state index contributed by atoms with van der Waals surface area (Å²) >= 11 is 0. The van der Waals surface area contributed by atoms with Crippen LogP contribution in [0.2, 0.25) is 0 Å². The Morgan fingerprint density at radius 3 is 2.15 bits per heavy atom. The number of rotatable bonds is 3. The summed E-state index contributed by atoms with van der Waals surface area (Å²) in [5, 5.41) is 21.9. The topological polar surface area (TPSA) is 89.9 Å². The molecule has 3 aliphatic rings. The van der Waals surface area contributed by atoms with E-state index in [1.54, 1.807) is 11.8 Å². The van der Waals surface area contributed by atoms with Gasteiger partial charge in [0.15, 0.2) is 0 Å². The number of carboxylic acids is 1. The molecule has 6 heteroatoms. The first kappa shape index (κ1) is 13.7. The van der Waals surface area contributed by atoms with Gasteiger partial charge >= 0.3 is 12.0 Å². The Morgan fingerprint density at radius 1 is 1.15 bits per heavy atom. The average molecular weight is 282 g/mol. The van der Waals surface area contributed by atoms with Gasteiger partial charge in [-0.2, -0.15) is 0 Å². The Labute approximate surface area is 118 Å². The quantitative estimate of drug-likeness (QED) is 0.718. The van der Waals surface area contributed by atoms with Gasteiger partial charge in [-0.25, -0.2) is 9.59 Å². The van der Waals surface area contributed by atoms with Crippen molar-refractivity contribution in [2.75, 3.05) is 0 Å². The molecule has 2 heterocycles. The number of aliphatic carboxylic acids is 1. The number of carbonyl (C=O) groups excluding carboxylic acids is 1. The summed E-state index contributed by atoms with van der Waals surface area (Å²) in [6, 6.07) is -0.164. The Kier molecular flexibility index (Phi) is 3.16. The number of aliphatic hydroxyl groups is 1. The van der Waals surface area contributed by atoms with Gasteiger partial charge in [-0.3, -0.25) is 0 Å². The Hall–Kier alpha value is -1.30. The largest absolute Gasteiger partial charge is 0.480 e. The van der Waals surface area contributed by atoms with Crippen molar-refractivity contribution >= 4 is 12.0 Å². The smallest absolute Gasteiger partial charge is 0.329 e. The van der Waals surface area contributed by atoms with Gasteiger partial charge in [0.1, 0.15) is 5.54 Å². The van der Waals surface area contributed by atoms with Gasteiger partial charge in [-0.15, -0.1) is 0 Å². The number of hydrogen-bond donors (Lipinski definition) is 3. The van der Waals surface area contributed by atoms with E-state index in [1.165, 1.54) is 0 Å². The zero-order chi connectivity index (χ0) is 14.5. The first-order chi connectivity index (χ1) is 9.41. The zero-order valence-electron chi connectivity index (χ0n) is 11.7. The molecule has 0 radical (unpaired) electrons. The van der Waals surface area contributed by atoms with E-state index in [4.69, 9.17) is 0 Å². The molecule has 1 aliphatic carbocycles. The van der Waals surface area contributed by atoms with Crippen LogP contribution in [0.3, 0.4) is 0 Å². The van der Waals surface area contributed by atoms with Gasteiger partial charge in [0, 0.05) is 12.1 Å². The summed E-state index contributed by atoms with van der Waals surface area (Å²) in [4.78, 5) is 25.7. The van der Waals surface area contributed by atoms with E-state index in [2.05, 4.69) is 5.32 Å². The maximum atomic E-state index is 12.5. The predicted molar refractivity (Wildman–Crippen MR) is 71.2 cm³/mol. The molecule has 112 valence electrons. The Bertz CT molecular complexity index is 423. The minimum absolute atomic E-state index is 0.0389. The molecule has 20 heavy (non-hydrogen) atoms. The lowest BCUT2D eigenvalue weighted by Gasteiger charge is -2.39. The average Bonchev–Trinajstić information content (AvgIpc) is 3.15. The van der Waals surface area contributed by atoms with Gasteiger partial charge < -0.3 is 20.4 Å². The van der Waals surface area contributed by atoms with E-state index in [0.29, 0.717) is 12.8 Å². The molecule has 3 atom stereocenters. The van der Waals surface area contributed by atoms with Crippen LogP contribution in [0.4, 0.5) is 4.79 Å². The molecule has 0 aromatic carbocycles. The first-order valence-corrected chi connectivity index (χ1v) is 7.43. The molecule has 2 aliphatic heterocycles. The molecule has 3 unspecified atom stereocenters. The lowest BCUT2D eigenvalue weighted by molar-refractivity contribution is -0.144. The molecule has 6 nitrogen and oxygen atoms in total.